The van der Waals surface area contributed by atoms with E-state index in [-0.39, 0.29) is 23.0 Å². The summed E-state index contributed by atoms with van der Waals surface area (Å²) in [5.74, 6) is -0.240. The molecule has 25 heavy (non-hydrogen) atoms. The lowest BCUT2D eigenvalue weighted by Gasteiger charge is -2.24. The van der Waals surface area contributed by atoms with E-state index in [9.17, 15) is 14.0 Å². The summed E-state index contributed by atoms with van der Waals surface area (Å²) in [6.07, 6.45) is 8.47. The van der Waals surface area contributed by atoms with Crippen LogP contribution in [0, 0.1) is 5.82 Å². The first kappa shape index (κ1) is 19.8. The molecule has 6 heteroatoms. The van der Waals surface area contributed by atoms with E-state index in [4.69, 9.17) is 0 Å². The zero-order valence-electron chi connectivity index (χ0n) is 14.8. The van der Waals surface area contributed by atoms with Crippen molar-refractivity contribution in [3.63, 3.8) is 0 Å². The Morgan fingerprint density at radius 1 is 1.16 bits per heavy atom. The Morgan fingerprint density at radius 2 is 1.80 bits per heavy atom. The molecule has 1 aromatic carbocycles. The summed E-state index contributed by atoms with van der Waals surface area (Å²) in [6, 6.07) is 6.05. The van der Waals surface area contributed by atoms with Crippen molar-refractivity contribution in [3.8, 4) is 0 Å². The molecule has 1 fully saturated rings. The average molecular weight is 367 g/mol. The van der Waals surface area contributed by atoms with Crippen LogP contribution in [0.2, 0.25) is 0 Å². The number of carbonyl (C=O) groups is 2. The lowest BCUT2D eigenvalue weighted by atomic mass is 10.1. The lowest BCUT2D eigenvalue weighted by molar-refractivity contribution is -0.139. The quantitative estimate of drug-likeness (QED) is 0.617. The Morgan fingerprint density at radius 3 is 2.48 bits per heavy atom. The third-order valence-electron chi connectivity index (χ3n) is 4.28. The number of rotatable bonds is 10. The number of halogens is 1. The minimum Gasteiger partial charge on any atom is -0.273 e. The van der Waals surface area contributed by atoms with Crippen LogP contribution in [-0.4, -0.2) is 22.6 Å². The van der Waals surface area contributed by atoms with Gasteiger partial charge in [0, 0.05) is 6.42 Å². The minimum atomic E-state index is -0.312. The molecule has 0 bridgehead atoms. The van der Waals surface area contributed by atoms with E-state index in [1.807, 2.05) is 0 Å². The summed E-state index contributed by atoms with van der Waals surface area (Å²) < 4.78 is 13.1. The third-order valence-corrected chi connectivity index (χ3v) is 5.49. The molecule has 1 N–H and O–H groups in total. The summed E-state index contributed by atoms with van der Waals surface area (Å²) in [4.78, 5) is 24.2. The van der Waals surface area contributed by atoms with Crippen LogP contribution in [0.1, 0.15) is 69.2 Å². The zero-order chi connectivity index (χ0) is 18.1. The fraction of sp³-hybridized carbons (Fsp3) is 0.579. The summed E-state index contributed by atoms with van der Waals surface area (Å²) in [6.45, 7) is 2.20. The zero-order valence-corrected chi connectivity index (χ0v) is 15.6. The van der Waals surface area contributed by atoms with Crippen LogP contribution in [-0.2, 0) is 9.59 Å². The summed E-state index contributed by atoms with van der Waals surface area (Å²) in [5.41, 5.74) is 3.55. The van der Waals surface area contributed by atoms with Gasteiger partial charge in [-0.2, -0.15) is 0 Å². The molecule has 0 aromatic heterocycles. The third kappa shape index (κ3) is 6.34. The molecule has 4 nitrogen and oxygen atoms in total. The number of carbonyl (C=O) groups excluding carboxylic acids is 2. The van der Waals surface area contributed by atoms with E-state index < -0.39 is 0 Å². The monoisotopic (exact) mass is 366 g/mol. The largest absolute Gasteiger partial charge is 0.273 e. The topological polar surface area (TPSA) is 49.4 Å². The first-order valence-corrected chi connectivity index (χ1v) is 10.2. The van der Waals surface area contributed by atoms with Gasteiger partial charge in [0.1, 0.15) is 11.2 Å². The number of hydrogen-bond donors (Lipinski definition) is 1. The number of hydrazine groups is 1. The number of nitrogens with one attached hydrogen (secondary N) is 1. The van der Waals surface area contributed by atoms with Crippen molar-refractivity contribution in [3.05, 3.63) is 35.6 Å². The SMILES string of the molecule is CCCCCCCCCC(=O)NN1C(=O)CSC1c1ccc(F)cc1. The molecular formula is C19H27FN2O2S. The van der Waals surface area contributed by atoms with Gasteiger partial charge in [-0.05, 0) is 24.1 Å². The molecule has 1 heterocycles. The van der Waals surface area contributed by atoms with E-state index >= 15 is 0 Å². The lowest BCUT2D eigenvalue weighted by Crippen LogP contribution is -2.44. The Kier molecular flexibility index (Phi) is 8.25. The van der Waals surface area contributed by atoms with Crippen LogP contribution in [0.3, 0.4) is 0 Å². The maximum absolute atomic E-state index is 13.1. The summed E-state index contributed by atoms with van der Waals surface area (Å²) >= 11 is 1.44. The molecule has 1 aliphatic rings. The predicted molar refractivity (Wildman–Crippen MR) is 99.2 cm³/mol. The number of hydrogen-bond acceptors (Lipinski definition) is 3. The van der Waals surface area contributed by atoms with E-state index in [1.165, 1.54) is 54.6 Å². The summed E-state index contributed by atoms with van der Waals surface area (Å²) in [5, 5.41) is 1.10. The maximum Gasteiger partial charge on any atom is 0.252 e. The van der Waals surface area contributed by atoms with E-state index in [2.05, 4.69) is 12.3 Å². The molecule has 0 radical (unpaired) electrons. The van der Waals surface area contributed by atoms with Crippen molar-refractivity contribution in [2.45, 2.75) is 63.7 Å². The number of nitrogens with zero attached hydrogens (tertiary/aromatic N) is 1. The molecule has 0 saturated carbocycles. The van der Waals surface area contributed by atoms with Crippen LogP contribution >= 0.6 is 11.8 Å². The second kappa shape index (κ2) is 10.4. The van der Waals surface area contributed by atoms with Gasteiger partial charge in [-0.25, -0.2) is 9.40 Å². The van der Waals surface area contributed by atoms with Gasteiger partial charge in [-0.3, -0.25) is 15.0 Å². The van der Waals surface area contributed by atoms with Crippen molar-refractivity contribution in [1.82, 2.24) is 10.4 Å². The van der Waals surface area contributed by atoms with E-state index in [0.717, 1.165) is 24.8 Å². The normalized spacial score (nSPS) is 17.1. The highest BCUT2D eigenvalue weighted by Crippen LogP contribution is 2.37. The van der Waals surface area contributed by atoms with Crippen molar-refractivity contribution in [2.75, 3.05) is 5.75 Å². The molecule has 1 atom stereocenters. The molecule has 1 aromatic rings. The molecule has 0 spiro atoms. The molecule has 1 saturated heterocycles. The van der Waals surface area contributed by atoms with Crippen molar-refractivity contribution in [1.29, 1.82) is 0 Å². The van der Waals surface area contributed by atoms with Crippen LogP contribution in [0.5, 0.6) is 0 Å². The van der Waals surface area contributed by atoms with Crippen molar-refractivity contribution in [2.24, 2.45) is 0 Å². The fourth-order valence-electron chi connectivity index (χ4n) is 2.85. The molecule has 2 rings (SSSR count). The summed E-state index contributed by atoms with van der Waals surface area (Å²) in [7, 11) is 0. The van der Waals surface area contributed by atoms with Crippen molar-refractivity contribution >= 4 is 23.6 Å². The van der Waals surface area contributed by atoms with E-state index in [0.29, 0.717) is 12.2 Å². The molecule has 1 unspecified atom stereocenters. The molecule has 138 valence electrons. The van der Waals surface area contributed by atoms with Gasteiger partial charge in [0.05, 0.1) is 5.75 Å². The highest BCUT2D eigenvalue weighted by molar-refractivity contribution is 8.00. The Labute approximate surface area is 153 Å². The Balaban J connectivity index is 1.76. The fourth-order valence-corrected chi connectivity index (χ4v) is 3.96. The maximum atomic E-state index is 13.1. The van der Waals surface area contributed by atoms with Crippen molar-refractivity contribution < 1.29 is 14.0 Å². The number of benzene rings is 1. The number of thioether (sulfide) groups is 1. The van der Waals surface area contributed by atoms with Gasteiger partial charge in [0.25, 0.3) is 5.91 Å². The molecule has 2 amide bonds. The Hall–Kier alpha value is -1.56. The van der Waals surface area contributed by atoms with Gasteiger partial charge in [-0.1, -0.05) is 57.6 Å². The van der Waals surface area contributed by atoms with Gasteiger partial charge < -0.3 is 0 Å². The van der Waals surface area contributed by atoms with Gasteiger partial charge >= 0.3 is 0 Å². The first-order valence-electron chi connectivity index (χ1n) is 9.10. The van der Waals surface area contributed by atoms with Crippen LogP contribution in [0.15, 0.2) is 24.3 Å². The van der Waals surface area contributed by atoms with Crippen LogP contribution in [0.25, 0.3) is 0 Å². The highest BCUT2D eigenvalue weighted by Gasteiger charge is 2.34. The van der Waals surface area contributed by atoms with Gasteiger partial charge in [0.15, 0.2) is 0 Å². The second-order valence-corrected chi connectivity index (χ2v) is 7.45. The smallest absolute Gasteiger partial charge is 0.252 e. The molecule has 1 aliphatic heterocycles. The first-order chi connectivity index (χ1) is 12.1. The number of amides is 2. The second-order valence-electron chi connectivity index (χ2n) is 6.38. The minimum absolute atomic E-state index is 0.118. The highest BCUT2D eigenvalue weighted by atomic mass is 32.2. The molecular weight excluding hydrogens is 339 g/mol. The van der Waals surface area contributed by atoms with Gasteiger partial charge in [-0.15, -0.1) is 11.8 Å². The van der Waals surface area contributed by atoms with E-state index in [1.54, 1.807) is 12.1 Å². The van der Waals surface area contributed by atoms with Crippen LogP contribution in [0.4, 0.5) is 4.39 Å². The number of unbranched alkanes of at least 4 members (excludes halogenated alkanes) is 6. The van der Waals surface area contributed by atoms with Gasteiger partial charge in [0.2, 0.25) is 5.91 Å². The standard InChI is InChI=1S/C19H27FN2O2S/c1-2-3-4-5-6-7-8-9-17(23)21-22-18(24)14-25-19(22)15-10-12-16(20)13-11-15/h10-13,19H,2-9,14H2,1H3,(H,21,23). The predicted octanol–water partition coefficient (Wildman–Crippen LogP) is 4.57. The molecule has 0 aliphatic carbocycles. The Bertz CT molecular complexity index is 565. The van der Waals surface area contributed by atoms with Crippen LogP contribution < -0.4 is 5.43 Å². The average Bonchev–Trinajstić information content (AvgIpc) is 2.95.